The highest BCUT2D eigenvalue weighted by atomic mass is 16.5. The third-order valence-electron chi connectivity index (χ3n) is 4.30. The van der Waals surface area contributed by atoms with Crippen molar-refractivity contribution in [3.05, 3.63) is 23.8 Å². The fourth-order valence-corrected chi connectivity index (χ4v) is 3.45. The number of benzene rings is 1. The molecule has 1 aliphatic carbocycles. The molecule has 114 valence electrons. The van der Waals surface area contributed by atoms with E-state index >= 15 is 0 Å². The molecule has 0 saturated heterocycles. The third-order valence-corrected chi connectivity index (χ3v) is 4.30. The van der Waals surface area contributed by atoms with Gasteiger partial charge in [0.05, 0.1) is 18.4 Å². The highest BCUT2D eigenvalue weighted by Crippen LogP contribution is 2.34. The zero-order valence-electron chi connectivity index (χ0n) is 13.4. The number of methoxy groups -OCH3 is 1. The smallest absolute Gasteiger partial charge is 0.143 e. The molecular weight excluding hydrogens is 260 g/mol. The van der Waals surface area contributed by atoms with E-state index in [4.69, 9.17) is 4.74 Å². The summed E-state index contributed by atoms with van der Waals surface area (Å²) in [6.45, 7) is 4.59. The average Bonchev–Trinajstić information content (AvgIpc) is 2.47. The van der Waals surface area contributed by atoms with Crippen LogP contribution in [0.1, 0.15) is 51.5 Å². The van der Waals surface area contributed by atoms with Crippen molar-refractivity contribution in [2.24, 2.45) is 11.8 Å². The summed E-state index contributed by atoms with van der Waals surface area (Å²) in [5.74, 6) is 2.33. The predicted octanol–water partition coefficient (Wildman–Crippen LogP) is 4.58. The summed E-state index contributed by atoms with van der Waals surface area (Å²) in [5, 5.41) is 12.9. The van der Waals surface area contributed by atoms with Gasteiger partial charge < -0.3 is 10.1 Å². The molecular formula is C18H26N2O. The number of nitrogens with zero attached hydrogens (tertiary/aromatic N) is 1. The first-order valence-electron chi connectivity index (χ1n) is 7.97. The third kappa shape index (κ3) is 4.14. The summed E-state index contributed by atoms with van der Waals surface area (Å²) >= 11 is 0. The fourth-order valence-electron chi connectivity index (χ4n) is 3.45. The second-order valence-corrected chi connectivity index (χ2v) is 6.50. The molecule has 21 heavy (non-hydrogen) atoms. The molecule has 0 aliphatic heterocycles. The number of hydrogen-bond acceptors (Lipinski definition) is 3. The van der Waals surface area contributed by atoms with Gasteiger partial charge in [0.2, 0.25) is 0 Å². The van der Waals surface area contributed by atoms with Crippen molar-refractivity contribution in [3.8, 4) is 11.8 Å². The van der Waals surface area contributed by atoms with Crippen LogP contribution in [0.4, 0.5) is 5.69 Å². The molecule has 0 bridgehead atoms. The summed E-state index contributed by atoms with van der Waals surface area (Å²) in [6, 6.07) is 8.34. The van der Waals surface area contributed by atoms with E-state index in [0.29, 0.717) is 11.6 Å². The molecule has 0 spiro atoms. The molecule has 0 radical (unpaired) electrons. The Morgan fingerprint density at radius 2 is 2.19 bits per heavy atom. The maximum Gasteiger partial charge on any atom is 0.143 e. The molecule has 2 atom stereocenters. The van der Waals surface area contributed by atoms with Crippen LogP contribution in [0.15, 0.2) is 18.2 Å². The molecule has 1 aliphatic rings. The summed E-state index contributed by atoms with van der Waals surface area (Å²) in [5.41, 5.74) is 1.53. The van der Waals surface area contributed by atoms with Crippen LogP contribution in [0.3, 0.4) is 0 Å². The summed E-state index contributed by atoms with van der Waals surface area (Å²) in [4.78, 5) is 0. The lowest BCUT2D eigenvalue weighted by Crippen LogP contribution is -2.28. The standard InChI is InChI=1S/C18H26N2O/c1-13(2)10-14-6-4-8-16(11-14)20-18-15(12-19)7-5-9-17(18)21-3/h5,7,9,13-14,16,20H,4,6,8,10-11H2,1-3H3. The number of hydrogen-bond donors (Lipinski definition) is 1. The highest BCUT2D eigenvalue weighted by molar-refractivity contribution is 5.66. The van der Waals surface area contributed by atoms with Crippen LogP contribution in [0.5, 0.6) is 5.75 Å². The number of rotatable bonds is 5. The number of nitrogens with one attached hydrogen (secondary N) is 1. The van der Waals surface area contributed by atoms with Gasteiger partial charge in [-0.2, -0.15) is 5.26 Å². The van der Waals surface area contributed by atoms with Crippen molar-refractivity contribution in [3.63, 3.8) is 0 Å². The zero-order chi connectivity index (χ0) is 15.2. The predicted molar refractivity (Wildman–Crippen MR) is 86.5 cm³/mol. The molecule has 1 aromatic rings. The molecule has 1 fully saturated rings. The van der Waals surface area contributed by atoms with Crippen molar-refractivity contribution < 1.29 is 4.74 Å². The van der Waals surface area contributed by atoms with E-state index in [1.54, 1.807) is 7.11 Å². The van der Waals surface area contributed by atoms with Gasteiger partial charge in [0.25, 0.3) is 0 Å². The summed E-state index contributed by atoms with van der Waals surface area (Å²) < 4.78 is 5.41. The minimum atomic E-state index is 0.450. The Kier molecular flexibility index (Phi) is 5.50. The van der Waals surface area contributed by atoms with E-state index in [2.05, 4.69) is 25.2 Å². The van der Waals surface area contributed by atoms with Crippen molar-refractivity contribution in [1.82, 2.24) is 0 Å². The van der Waals surface area contributed by atoms with Crippen LogP contribution in [0, 0.1) is 23.2 Å². The van der Waals surface area contributed by atoms with Crippen LogP contribution in [0.2, 0.25) is 0 Å². The first kappa shape index (κ1) is 15.7. The maximum absolute atomic E-state index is 9.29. The quantitative estimate of drug-likeness (QED) is 0.861. The normalized spacial score (nSPS) is 21.9. The van der Waals surface area contributed by atoms with Crippen molar-refractivity contribution in [2.75, 3.05) is 12.4 Å². The Morgan fingerprint density at radius 1 is 1.38 bits per heavy atom. The van der Waals surface area contributed by atoms with Crippen molar-refractivity contribution in [2.45, 2.75) is 52.0 Å². The van der Waals surface area contributed by atoms with Crippen LogP contribution < -0.4 is 10.1 Å². The lowest BCUT2D eigenvalue weighted by molar-refractivity contribution is 0.288. The molecule has 0 aromatic heterocycles. The Balaban J connectivity index is 2.09. The average molecular weight is 286 g/mol. The Labute approximate surface area is 128 Å². The number of nitriles is 1. The molecule has 0 heterocycles. The topological polar surface area (TPSA) is 45.0 Å². The van der Waals surface area contributed by atoms with E-state index in [-0.39, 0.29) is 0 Å². The van der Waals surface area contributed by atoms with E-state index in [1.807, 2.05) is 18.2 Å². The molecule has 1 N–H and O–H groups in total. The Hall–Kier alpha value is -1.69. The zero-order valence-corrected chi connectivity index (χ0v) is 13.4. The monoisotopic (exact) mass is 286 g/mol. The van der Waals surface area contributed by atoms with Gasteiger partial charge in [0.1, 0.15) is 11.8 Å². The van der Waals surface area contributed by atoms with Crippen LogP contribution >= 0.6 is 0 Å². The molecule has 1 aromatic carbocycles. The van der Waals surface area contributed by atoms with Gasteiger partial charge in [-0.1, -0.05) is 32.8 Å². The SMILES string of the molecule is COc1cccc(C#N)c1NC1CCCC(CC(C)C)C1. The van der Waals surface area contributed by atoms with E-state index in [0.717, 1.165) is 23.3 Å². The van der Waals surface area contributed by atoms with E-state index in [1.165, 1.54) is 32.1 Å². The molecule has 2 rings (SSSR count). The largest absolute Gasteiger partial charge is 0.495 e. The first-order chi connectivity index (χ1) is 10.1. The summed E-state index contributed by atoms with van der Waals surface area (Å²) in [6.07, 6.45) is 6.29. The minimum absolute atomic E-state index is 0.450. The van der Waals surface area contributed by atoms with Gasteiger partial charge in [-0.15, -0.1) is 0 Å². The van der Waals surface area contributed by atoms with E-state index in [9.17, 15) is 5.26 Å². The van der Waals surface area contributed by atoms with Gasteiger partial charge in [-0.3, -0.25) is 0 Å². The van der Waals surface area contributed by atoms with Crippen molar-refractivity contribution in [1.29, 1.82) is 5.26 Å². The number of anilines is 1. The number of para-hydroxylation sites is 1. The lowest BCUT2D eigenvalue weighted by atomic mass is 9.81. The van der Waals surface area contributed by atoms with Gasteiger partial charge in [0, 0.05) is 6.04 Å². The second kappa shape index (κ2) is 7.36. The van der Waals surface area contributed by atoms with E-state index < -0.39 is 0 Å². The molecule has 2 unspecified atom stereocenters. The Morgan fingerprint density at radius 3 is 2.86 bits per heavy atom. The first-order valence-corrected chi connectivity index (χ1v) is 7.97. The van der Waals surface area contributed by atoms with Gasteiger partial charge in [-0.25, -0.2) is 0 Å². The van der Waals surface area contributed by atoms with Gasteiger partial charge in [-0.05, 0) is 43.2 Å². The molecule has 3 heteroatoms. The van der Waals surface area contributed by atoms with Crippen LogP contribution in [-0.2, 0) is 0 Å². The van der Waals surface area contributed by atoms with Crippen molar-refractivity contribution >= 4 is 5.69 Å². The van der Waals surface area contributed by atoms with Crippen LogP contribution in [0.25, 0.3) is 0 Å². The maximum atomic E-state index is 9.29. The fraction of sp³-hybridized carbons (Fsp3) is 0.611. The molecule has 3 nitrogen and oxygen atoms in total. The number of ether oxygens (including phenoxy) is 1. The van der Waals surface area contributed by atoms with Crippen LogP contribution in [-0.4, -0.2) is 13.2 Å². The summed E-state index contributed by atoms with van der Waals surface area (Å²) in [7, 11) is 1.66. The molecule has 0 amide bonds. The highest BCUT2D eigenvalue weighted by Gasteiger charge is 2.24. The van der Waals surface area contributed by atoms with Gasteiger partial charge in [0.15, 0.2) is 0 Å². The minimum Gasteiger partial charge on any atom is -0.495 e. The second-order valence-electron chi connectivity index (χ2n) is 6.50. The Bertz CT molecular complexity index is 504. The molecule has 1 saturated carbocycles. The lowest BCUT2D eigenvalue weighted by Gasteiger charge is -2.32. The van der Waals surface area contributed by atoms with Gasteiger partial charge >= 0.3 is 0 Å².